The van der Waals surface area contributed by atoms with Crippen LogP contribution in [0.15, 0.2) is 0 Å². The first-order valence-corrected chi connectivity index (χ1v) is 2.79. The van der Waals surface area contributed by atoms with Crippen molar-refractivity contribution in [1.29, 1.82) is 0 Å². The van der Waals surface area contributed by atoms with Crippen molar-refractivity contribution in [3.8, 4) is 0 Å². The molecule has 1 saturated heterocycles. The largest absolute Gasteiger partial charge is 1.00 e. The predicted molar refractivity (Wildman–Crippen MR) is 28.4 cm³/mol. The van der Waals surface area contributed by atoms with Gasteiger partial charge < -0.3 is 6.16 Å². The Bertz CT molecular complexity index is 69.9. The predicted octanol–water partition coefficient (Wildman–Crippen LogP) is -2.53. The molecule has 0 N–H and O–H groups in total. The van der Waals surface area contributed by atoms with Gasteiger partial charge in [-0.3, -0.25) is 0 Å². The van der Waals surface area contributed by atoms with Crippen LogP contribution in [0.4, 0.5) is 0 Å². The Morgan fingerprint density at radius 1 is 1.67 bits per heavy atom. The Balaban J connectivity index is 0. The summed E-state index contributed by atoms with van der Waals surface area (Å²) < 4.78 is 4.85. The van der Waals surface area contributed by atoms with Gasteiger partial charge >= 0.3 is 29.6 Å². The summed E-state index contributed by atoms with van der Waals surface area (Å²) in [6.45, 7) is 3.89. The first-order valence-electron chi connectivity index (χ1n) is 2.79. The zero-order chi connectivity index (χ0) is 5.82. The van der Waals surface area contributed by atoms with E-state index >= 15 is 0 Å². The molecule has 1 aliphatic rings. The van der Waals surface area contributed by atoms with Gasteiger partial charge in [0.2, 0.25) is 0 Å². The van der Waals surface area contributed by atoms with Crippen LogP contribution in [0.5, 0.6) is 0 Å². The zero-order valence-electron chi connectivity index (χ0n) is 6.92. The Morgan fingerprint density at radius 3 is 2.78 bits per heavy atom. The summed E-state index contributed by atoms with van der Waals surface area (Å²) in [4.78, 5) is 9.29. The van der Waals surface area contributed by atoms with Gasteiger partial charge in [-0.15, -0.1) is 0 Å². The van der Waals surface area contributed by atoms with Crippen LogP contribution >= 0.6 is 0 Å². The maximum absolute atomic E-state index is 4.85. The van der Waals surface area contributed by atoms with Gasteiger partial charge in [-0.1, -0.05) is 0 Å². The molecular formula is C5H11NaO3. The van der Waals surface area contributed by atoms with E-state index in [2.05, 4.69) is 9.78 Å². The minimum absolute atomic E-state index is 0. The van der Waals surface area contributed by atoms with E-state index in [1.807, 2.05) is 6.92 Å². The Hall–Kier alpha value is 0.880. The maximum atomic E-state index is 4.85. The number of hydrogen-bond acceptors (Lipinski definition) is 3. The second kappa shape index (κ2) is 5.65. The first-order chi connectivity index (χ1) is 3.93. The summed E-state index contributed by atoms with van der Waals surface area (Å²) in [6.07, 6.45) is 0.307. The van der Waals surface area contributed by atoms with Gasteiger partial charge in [0.15, 0.2) is 0 Å². The summed E-state index contributed by atoms with van der Waals surface area (Å²) in [5.41, 5.74) is 0. The van der Waals surface area contributed by atoms with E-state index in [1.165, 1.54) is 0 Å². The van der Waals surface area contributed by atoms with Crippen LogP contribution in [-0.4, -0.2) is 25.9 Å². The van der Waals surface area contributed by atoms with Crippen molar-refractivity contribution < 1.29 is 45.5 Å². The molecule has 0 aromatic carbocycles. The Kier molecular flexibility index (Phi) is 6.20. The fourth-order valence-corrected chi connectivity index (χ4v) is 0.372. The van der Waals surface area contributed by atoms with Crippen molar-refractivity contribution >= 4 is 0 Å². The molecule has 0 aromatic rings. The van der Waals surface area contributed by atoms with Crippen LogP contribution in [0.25, 0.3) is 0 Å². The number of ether oxygens (including phenoxy) is 1. The molecule has 0 spiro atoms. The smallest absolute Gasteiger partial charge is 1.00 e. The molecule has 1 rings (SSSR count). The van der Waals surface area contributed by atoms with Gasteiger partial charge in [0, 0.05) is 0 Å². The average Bonchev–Trinajstić information content (AvgIpc) is 2.51. The molecule has 0 radical (unpaired) electrons. The third-order valence-corrected chi connectivity index (χ3v) is 0.857. The zero-order valence-corrected chi connectivity index (χ0v) is 7.92. The third-order valence-electron chi connectivity index (χ3n) is 0.857. The summed E-state index contributed by atoms with van der Waals surface area (Å²) in [5.74, 6) is 0. The molecule has 0 amide bonds. The van der Waals surface area contributed by atoms with Crippen LogP contribution in [0, 0.1) is 0 Å². The normalized spacial score (nSPS) is 23.0. The first kappa shape index (κ1) is 9.88. The fourth-order valence-electron chi connectivity index (χ4n) is 0.372. The Morgan fingerprint density at radius 2 is 2.33 bits per heavy atom. The maximum Gasteiger partial charge on any atom is 1.00 e. The molecule has 4 heteroatoms. The van der Waals surface area contributed by atoms with E-state index in [9.17, 15) is 0 Å². The van der Waals surface area contributed by atoms with E-state index in [1.54, 1.807) is 0 Å². The van der Waals surface area contributed by atoms with Crippen molar-refractivity contribution in [3.05, 3.63) is 0 Å². The van der Waals surface area contributed by atoms with Crippen molar-refractivity contribution in [1.82, 2.24) is 0 Å². The molecule has 0 aliphatic carbocycles. The van der Waals surface area contributed by atoms with E-state index < -0.39 is 0 Å². The summed E-state index contributed by atoms with van der Waals surface area (Å²) in [5, 5.41) is 0. The van der Waals surface area contributed by atoms with Crippen LogP contribution < -0.4 is 29.6 Å². The molecule has 50 valence electrons. The molecule has 1 unspecified atom stereocenters. The van der Waals surface area contributed by atoms with Crippen LogP contribution in [-0.2, 0) is 14.5 Å². The van der Waals surface area contributed by atoms with E-state index in [-0.39, 0.29) is 31.0 Å². The molecule has 3 nitrogen and oxygen atoms in total. The van der Waals surface area contributed by atoms with Crippen molar-refractivity contribution in [3.63, 3.8) is 0 Å². The van der Waals surface area contributed by atoms with Gasteiger partial charge in [0.05, 0.1) is 13.2 Å². The van der Waals surface area contributed by atoms with Crippen molar-refractivity contribution in [2.24, 2.45) is 0 Å². The molecule has 0 bridgehead atoms. The van der Waals surface area contributed by atoms with Gasteiger partial charge in [-0.2, -0.15) is 0 Å². The van der Waals surface area contributed by atoms with Crippen molar-refractivity contribution in [2.75, 3.05) is 19.8 Å². The number of epoxide rings is 1. The van der Waals surface area contributed by atoms with Gasteiger partial charge in [0.1, 0.15) is 12.7 Å². The molecule has 1 heterocycles. The number of hydrogen-bond donors (Lipinski definition) is 0. The topological polar surface area (TPSA) is 31.0 Å². The molecule has 0 saturated carbocycles. The fraction of sp³-hybridized carbons (Fsp3) is 1.00. The van der Waals surface area contributed by atoms with Gasteiger partial charge in [-0.05, 0) is 6.92 Å². The second-order valence-electron chi connectivity index (χ2n) is 1.65. The van der Waals surface area contributed by atoms with Crippen LogP contribution in [0.3, 0.4) is 0 Å². The van der Waals surface area contributed by atoms with Crippen LogP contribution in [0.2, 0.25) is 0 Å². The summed E-state index contributed by atoms with van der Waals surface area (Å²) in [7, 11) is 0. The van der Waals surface area contributed by atoms with E-state index in [0.29, 0.717) is 19.3 Å². The standard InChI is InChI=1S/C5H10O3.Na.H/c1-2-7-8-4-5-3-6-5;;/h5H,2-4H2,1H3;;/q;+1;-1. The molecule has 9 heavy (non-hydrogen) atoms. The molecular weight excluding hydrogens is 131 g/mol. The van der Waals surface area contributed by atoms with Gasteiger partial charge in [-0.25, -0.2) is 9.78 Å². The van der Waals surface area contributed by atoms with Gasteiger partial charge in [0.25, 0.3) is 0 Å². The van der Waals surface area contributed by atoms with Crippen LogP contribution in [0.1, 0.15) is 8.35 Å². The second-order valence-corrected chi connectivity index (χ2v) is 1.65. The quantitative estimate of drug-likeness (QED) is 0.143. The average molecular weight is 142 g/mol. The van der Waals surface area contributed by atoms with Crippen molar-refractivity contribution in [2.45, 2.75) is 13.0 Å². The summed E-state index contributed by atoms with van der Waals surface area (Å²) in [6, 6.07) is 0. The molecule has 1 atom stereocenters. The summed E-state index contributed by atoms with van der Waals surface area (Å²) >= 11 is 0. The number of rotatable bonds is 4. The van der Waals surface area contributed by atoms with E-state index in [0.717, 1.165) is 6.61 Å². The molecule has 1 fully saturated rings. The molecule has 1 aliphatic heterocycles. The molecule has 0 aromatic heterocycles. The minimum atomic E-state index is 0. The minimum Gasteiger partial charge on any atom is -1.00 e. The SMILES string of the molecule is CCOOCC1CO1.[H-].[Na+]. The van der Waals surface area contributed by atoms with E-state index in [4.69, 9.17) is 4.74 Å². The third kappa shape index (κ3) is 5.33. The monoisotopic (exact) mass is 142 g/mol. The Labute approximate surface area is 78.4 Å².